The van der Waals surface area contributed by atoms with E-state index in [0.29, 0.717) is 4.90 Å². The molecule has 3 atom stereocenters. The van der Waals surface area contributed by atoms with Gasteiger partial charge in [0, 0.05) is 0 Å². The number of hydrogen-bond donors (Lipinski definition) is 2. The number of nitrogens with one attached hydrogen (secondary N) is 1. The molecule has 0 aliphatic rings. The summed E-state index contributed by atoms with van der Waals surface area (Å²) >= 11 is 0. The van der Waals surface area contributed by atoms with Crippen LogP contribution in [0, 0.1) is 0 Å². The molecule has 1 aromatic carbocycles. The topological polar surface area (TPSA) is 137 Å². The fraction of sp³-hybridized carbons (Fsp3) is 0.545. The predicted octanol–water partition coefficient (Wildman–Crippen LogP) is 1.36. The maximum Gasteiger partial charge on any atom is 0.417 e. The Kier molecular flexibility index (Phi) is 10.3. The quantitative estimate of drug-likeness (QED) is 0.537. The molecule has 1 aromatic rings. The molecular weight excluding hydrogens is 418 g/mol. The molecule has 0 aliphatic heterocycles. The van der Waals surface area contributed by atoms with E-state index in [1.54, 1.807) is 20.8 Å². The van der Waals surface area contributed by atoms with Crippen molar-refractivity contribution in [2.45, 2.75) is 65.0 Å². The first-order chi connectivity index (χ1) is 14.9. The number of esters is 1. The van der Waals surface area contributed by atoms with E-state index >= 15 is 0 Å². The third-order valence-electron chi connectivity index (χ3n) is 4.23. The monoisotopic (exact) mass is 451 g/mol. The van der Waals surface area contributed by atoms with Gasteiger partial charge in [-0.2, -0.15) is 0 Å². The molecule has 0 unspecified atom stereocenters. The molecular formula is C22H33N3O7. The SMILES string of the molecule is COC(=O)[C@H](C)NC(=O)[C@H](C)N(C(=O)OC(C)(C)C)C(=O)[C@@H](N)COCc1ccccc1. The van der Waals surface area contributed by atoms with Crippen molar-refractivity contribution in [1.82, 2.24) is 10.2 Å². The van der Waals surface area contributed by atoms with Crippen molar-refractivity contribution < 1.29 is 33.4 Å². The van der Waals surface area contributed by atoms with Crippen LogP contribution < -0.4 is 11.1 Å². The Hall–Kier alpha value is -2.98. The Morgan fingerprint density at radius 3 is 2.22 bits per heavy atom. The predicted molar refractivity (Wildman–Crippen MR) is 116 cm³/mol. The van der Waals surface area contributed by atoms with Gasteiger partial charge in [0.25, 0.3) is 5.91 Å². The molecule has 0 spiro atoms. The van der Waals surface area contributed by atoms with Gasteiger partial charge in [0.15, 0.2) is 0 Å². The van der Waals surface area contributed by atoms with Gasteiger partial charge in [0.1, 0.15) is 23.7 Å². The van der Waals surface area contributed by atoms with Crippen LogP contribution in [0.1, 0.15) is 40.2 Å². The van der Waals surface area contributed by atoms with Gasteiger partial charge < -0.3 is 25.3 Å². The summed E-state index contributed by atoms with van der Waals surface area (Å²) in [5.74, 6) is -2.27. The Morgan fingerprint density at radius 1 is 1.09 bits per heavy atom. The average Bonchev–Trinajstić information content (AvgIpc) is 2.72. The lowest BCUT2D eigenvalue weighted by atomic mass is 10.2. The molecule has 0 radical (unpaired) electrons. The van der Waals surface area contributed by atoms with Crippen LogP contribution in [0.2, 0.25) is 0 Å². The van der Waals surface area contributed by atoms with E-state index in [1.807, 2.05) is 30.3 Å². The van der Waals surface area contributed by atoms with Crippen LogP contribution in [0.3, 0.4) is 0 Å². The first kappa shape index (κ1) is 27.1. The number of carbonyl (C=O) groups excluding carboxylic acids is 4. The summed E-state index contributed by atoms with van der Waals surface area (Å²) in [5, 5.41) is 2.40. The van der Waals surface area contributed by atoms with Crippen LogP contribution >= 0.6 is 0 Å². The molecule has 0 saturated carbocycles. The highest BCUT2D eigenvalue weighted by atomic mass is 16.6. The van der Waals surface area contributed by atoms with E-state index in [0.717, 1.165) is 5.56 Å². The van der Waals surface area contributed by atoms with Crippen LogP contribution in [0.5, 0.6) is 0 Å². The van der Waals surface area contributed by atoms with E-state index < -0.39 is 47.6 Å². The second-order valence-electron chi connectivity index (χ2n) is 8.23. The first-order valence-corrected chi connectivity index (χ1v) is 10.2. The number of imide groups is 1. The van der Waals surface area contributed by atoms with Gasteiger partial charge in [-0.05, 0) is 40.2 Å². The highest BCUT2D eigenvalue weighted by Gasteiger charge is 2.38. The number of hydrogen-bond acceptors (Lipinski definition) is 8. The van der Waals surface area contributed by atoms with Gasteiger partial charge in [-0.15, -0.1) is 0 Å². The van der Waals surface area contributed by atoms with Crippen LogP contribution in [0.4, 0.5) is 4.79 Å². The number of carbonyl (C=O) groups is 4. The number of ether oxygens (including phenoxy) is 3. The highest BCUT2D eigenvalue weighted by Crippen LogP contribution is 2.14. The van der Waals surface area contributed by atoms with Crippen molar-refractivity contribution in [2.24, 2.45) is 5.73 Å². The van der Waals surface area contributed by atoms with Crippen molar-refractivity contribution in [1.29, 1.82) is 0 Å². The zero-order chi connectivity index (χ0) is 24.5. The summed E-state index contributed by atoms with van der Waals surface area (Å²) in [7, 11) is 1.18. The van der Waals surface area contributed by atoms with Gasteiger partial charge >= 0.3 is 12.1 Å². The zero-order valence-corrected chi connectivity index (χ0v) is 19.4. The van der Waals surface area contributed by atoms with Crippen molar-refractivity contribution in [3.8, 4) is 0 Å². The summed E-state index contributed by atoms with van der Waals surface area (Å²) in [5.41, 5.74) is 5.93. The van der Waals surface area contributed by atoms with Crippen molar-refractivity contribution >= 4 is 23.9 Å². The fourth-order valence-corrected chi connectivity index (χ4v) is 2.56. The highest BCUT2D eigenvalue weighted by molar-refractivity contribution is 6.00. The summed E-state index contributed by atoms with van der Waals surface area (Å²) in [6.07, 6.45) is -1.03. The van der Waals surface area contributed by atoms with Gasteiger partial charge in [-0.3, -0.25) is 9.59 Å². The van der Waals surface area contributed by atoms with E-state index in [9.17, 15) is 19.2 Å². The van der Waals surface area contributed by atoms with Crippen LogP contribution in [-0.4, -0.2) is 66.2 Å². The summed E-state index contributed by atoms with van der Waals surface area (Å²) < 4.78 is 15.4. The molecule has 3 amide bonds. The number of rotatable bonds is 9. The van der Waals surface area contributed by atoms with Crippen LogP contribution in [0.25, 0.3) is 0 Å². The number of nitrogens with zero attached hydrogens (tertiary/aromatic N) is 1. The van der Waals surface area contributed by atoms with E-state index in [-0.39, 0.29) is 13.2 Å². The lowest BCUT2D eigenvalue weighted by Crippen LogP contribution is -2.58. The minimum absolute atomic E-state index is 0.181. The minimum atomic E-state index is -1.30. The fourth-order valence-electron chi connectivity index (χ4n) is 2.56. The van der Waals surface area contributed by atoms with Crippen LogP contribution in [0.15, 0.2) is 30.3 Å². The standard InChI is InChI=1S/C22H33N3O7/c1-14(20(28)30-6)24-18(26)15(2)25(21(29)32-22(3,4)5)19(27)17(23)13-31-12-16-10-8-7-9-11-16/h7-11,14-15,17H,12-13,23H2,1-6H3,(H,24,26)/t14-,15-,17-/m0/s1. The van der Waals surface area contributed by atoms with E-state index in [1.165, 1.54) is 21.0 Å². The third kappa shape index (κ3) is 8.64. The van der Waals surface area contributed by atoms with Gasteiger partial charge in [0.05, 0.1) is 20.3 Å². The third-order valence-corrected chi connectivity index (χ3v) is 4.23. The largest absolute Gasteiger partial charge is 0.467 e. The van der Waals surface area contributed by atoms with Crippen molar-refractivity contribution in [3.63, 3.8) is 0 Å². The molecule has 32 heavy (non-hydrogen) atoms. The second-order valence-corrected chi connectivity index (χ2v) is 8.23. The molecule has 0 aromatic heterocycles. The lowest BCUT2D eigenvalue weighted by molar-refractivity contribution is -0.146. The van der Waals surface area contributed by atoms with Gasteiger partial charge in [-0.1, -0.05) is 30.3 Å². The molecule has 0 fully saturated rings. The summed E-state index contributed by atoms with van der Waals surface area (Å²) in [4.78, 5) is 50.6. The zero-order valence-electron chi connectivity index (χ0n) is 19.4. The van der Waals surface area contributed by atoms with Gasteiger partial charge in [-0.25, -0.2) is 14.5 Å². The normalized spacial score (nSPS) is 14.0. The first-order valence-electron chi connectivity index (χ1n) is 10.2. The van der Waals surface area contributed by atoms with Crippen molar-refractivity contribution in [3.05, 3.63) is 35.9 Å². The minimum Gasteiger partial charge on any atom is -0.467 e. The Morgan fingerprint density at radius 2 is 1.69 bits per heavy atom. The maximum absolute atomic E-state index is 13.0. The summed E-state index contributed by atoms with van der Waals surface area (Å²) in [6.45, 7) is 7.67. The number of amides is 3. The second kappa shape index (κ2) is 12.2. The Labute approximate surface area is 188 Å². The molecule has 0 saturated heterocycles. The molecule has 3 N–H and O–H groups in total. The van der Waals surface area contributed by atoms with E-state index in [4.69, 9.17) is 15.2 Å². The molecule has 10 nitrogen and oxygen atoms in total. The lowest BCUT2D eigenvalue weighted by Gasteiger charge is -2.31. The van der Waals surface area contributed by atoms with Crippen LogP contribution in [-0.2, 0) is 35.2 Å². The Balaban J connectivity index is 2.93. The smallest absolute Gasteiger partial charge is 0.417 e. The Bertz CT molecular complexity index is 792. The molecule has 178 valence electrons. The molecule has 0 aliphatic carbocycles. The summed E-state index contributed by atoms with van der Waals surface area (Å²) in [6, 6.07) is 5.78. The average molecular weight is 452 g/mol. The molecule has 10 heteroatoms. The number of methoxy groups -OCH3 is 1. The molecule has 0 heterocycles. The van der Waals surface area contributed by atoms with Crippen molar-refractivity contribution in [2.75, 3.05) is 13.7 Å². The van der Waals surface area contributed by atoms with E-state index in [2.05, 4.69) is 10.1 Å². The number of nitrogens with two attached hydrogens (primary N) is 1. The molecule has 0 bridgehead atoms. The molecule has 1 rings (SSSR count). The maximum atomic E-state index is 13.0. The van der Waals surface area contributed by atoms with Gasteiger partial charge in [0.2, 0.25) is 5.91 Å². The number of benzene rings is 1.